The van der Waals surface area contributed by atoms with Crippen molar-refractivity contribution >= 4 is 0 Å². The van der Waals surface area contributed by atoms with E-state index in [4.69, 9.17) is 11.2 Å². The van der Waals surface area contributed by atoms with Crippen LogP contribution in [0.25, 0.3) is 0 Å². The minimum absolute atomic E-state index is 0.431. The summed E-state index contributed by atoms with van der Waals surface area (Å²) in [6, 6.07) is 0. The van der Waals surface area contributed by atoms with Crippen LogP contribution in [0.15, 0.2) is 0 Å². The van der Waals surface area contributed by atoms with E-state index in [9.17, 15) is 0 Å². The molecular weight excluding hydrogens is 208 g/mol. The molecule has 1 atom stereocenters. The zero-order valence-electron chi connectivity index (χ0n) is 11.8. The Morgan fingerprint density at radius 3 is 1.82 bits per heavy atom. The van der Waals surface area contributed by atoms with Crippen LogP contribution in [-0.2, 0) is 4.74 Å². The number of methoxy groups -OCH3 is 1. The first-order chi connectivity index (χ1) is 8.31. The molecule has 1 radical (unpaired) electrons. The standard InChI is InChI=1S/C16H29O/c1-4-5-6-7-8-9-10-11-12-13-14-15-16(2)17-3/h16H,5-15H2,2-3H3. The van der Waals surface area contributed by atoms with Gasteiger partial charge in [0.2, 0.25) is 0 Å². The van der Waals surface area contributed by atoms with Gasteiger partial charge in [-0.2, -0.15) is 0 Å². The lowest BCUT2D eigenvalue weighted by molar-refractivity contribution is 0.108. The van der Waals surface area contributed by atoms with Crippen LogP contribution < -0.4 is 0 Å². The predicted molar refractivity (Wildman–Crippen MR) is 74.4 cm³/mol. The number of rotatable bonds is 12. The monoisotopic (exact) mass is 237 g/mol. The molecule has 1 unspecified atom stereocenters. The molecule has 0 aliphatic heterocycles. The van der Waals surface area contributed by atoms with Crippen LogP contribution >= 0.6 is 0 Å². The molecule has 0 rings (SSSR count). The van der Waals surface area contributed by atoms with E-state index in [1.54, 1.807) is 7.11 Å². The lowest BCUT2D eigenvalue weighted by Crippen LogP contribution is -2.03. The zero-order chi connectivity index (χ0) is 12.8. The second-order valence-corrected chi connectivity index (χ2v) is 4.94. The minimum Gasteiger partial charge on any atom is -0.382 e. The molecule has 0 saturated carbocycles. The van der Waals surface area contributed by atoms with Crippen molar-refractivity contribution in [1.29, 1.82) is 0 Å². The summed E-state index contributed by atoms with van der Waals surface area (Å²) in [6.45, 7) is 2.14. The summed E-state index contributed by atoms with van der Waals surface area (Å²) in [5, 5.41) is 0. The number of ether oxygens (including phenoxy) is 1. The molecule has 0 aromatic carbocycles. The highest BCUT2D eigenvalue weighted by molar-refractivity contribution is 4.74. The Morgan fingerprint density at radius 2 is 1.35 bits per heavy atom. The first kappa shape index (κ1) is 16.5. The fraction of sp³-hybridized carbons (Fsp3) is 0.875. The van der Waals surface area contributed by atoms with Crippen LogP contribution in [-0.4, -0.2) is 13.2 Å². The summed E-state index contributed by atoms with van der Waals surface area (Å²) in [4.78, 5) is 0. The van der Waals surface area contributed by atoms with Crippen molar-refractivity contribution in [3.05, 3.63) is 6.42 Å². The number of unbranched alkanes of at least 4 members (excludes halogenated alkanes) is 9. The second kappa shape index (κ2) is 13.6. The van der Waals surface area contributed by atoms with Gasteiger partial charge in [-0.25, -0.2) is 0 Å². The van der Waals surface area contributed by atoms with Gasteiger partial charge in [-0.3, -0.25) is 0 Å². The third kappa shape index (κ3) is 13.5. The molecular formula is C16H29O. The maximum absolute atomic E-state index is 6.80. The van der Waals surface area contributed by atoms with Gasteiger partial charge in [0.25, 0.3) is 0 Å². The van der Waals surface area contributed by atoms with Crippen molar-refractivity contribution in [2.45, 2.75) is 83.7 Å². The molecule has 0 saturated heterocycles. The molecule has 0 aromatic heterocycles. The number of hydrogen-bond donors (Lipinski definition) is 0. The van der Waals surface area contributed by atoms with Gasteiger partial charge in [-0.05, 0) is 26.2 Å². The van der Waals surface area contributed by atoms with Crippen LogP contribution in [0.5, 0.6) is 0 Å². The first-order valence-corrected chi connectivity index (χ1v) is 7.23. The van der Waals surface area contributed by atoms with E-state index in [1.807, 2.05) is 0 Å². The Hall–Kier alpha value is -0.480. The van der Waals surface area contributed by atoms with Crippen molar-refractivity contribution in [3.63, 3.8) is 0 Å². The molecule has 0 amide bonds. The summed E-state index contributed by atoms with van der Waals surface area (Å²) >= 11 is 0. The average molecular weight is 237 g/mol. The molecule has 0 heterocycles. The van der Waals surface area contributed by atoms with E-state index in [0.717, 1.165) is 12.8 Å². The molecule has 1 nitrogen and oxygen atoms in total. The van der Waals surface area contributed by atoms with Gasteiger partial charge < -0.3 is 4.74 Å². The molecule has 1 heteroatoms. The smallest absolute Gasteiger partial charge is 0.0543 e. The van der Waals surface area contributed by atoms with E-state index in [2.05, 4.69) is 12.8 Å². The molecule has 0 spiro atoms. The minimum atomic E-state index is 0.431. The van der Waals surface area contributed by atoms with Gasteiger partial charge >= 0.3 is 0 Å². The molecule has 0 aliphatic carbocycles. The highest BCUT2D eigenvalue weighted by Crippen LogP contribution is 2.12. The van der Waals surface area contributed by atoms with Gasteiger partial charge in [0.1, 0.15) is 0 Å². The van der Waals surface area contributed by atoms with Gasteiger partial charge in [0, 0.05) is 13.5 Å². The highest BCUT2D eigenvalue weighted by atomic mass is 16.5. The Labute approximate surface area is 108 Å². The van der Waals surface area contributed by atoms with Crippen LogP contribution in [0.4, 0.5) is 0 Å². The van der Waals surface area contributed by atoms with Gasteiger partial charge in [-0.1, -0.05) is 57.3 Å². The molecule has 0 aromatic rings. The van der Waals surface area contributed by atoms with Crippen LogP contribution in [0.1, 0.15) is 77.6 Å². The second-order valence-electron chi connectivity index (χ2n) is 4.94. The Balaban J connectivity index is 2.97. The molecule has 17 heavy (non-hydrogen) atoms. The molecule has 0 aliphatic rings. The summed E-state index contributed by atoms with van der Waals surface area (Å²) < 4.78 is 5.22. The van der Waals surface area contributed by atoms with Crippen LogP contribution in [0.2, 0.25) is 0 Å². The normalized spacial score (nSPS) is 12.3. The summed E-state index contributed by atoms with van der Waals surface area (Å²) in [5.41, 5.74) is 0. The van der Waals surface area contributed by atoms with E-state index in [0.29, 0.717) is 6.10 Å². The Bertz CT molecular complexity index is 180. The predicted octanol–water partition coefficient (Wildman–Crippen LogP) is 4.90. The van der Waals surface area contributed by atoms with Crippen molar-refractivity contribution in [2.24, 2.45) is 0 Å². The fourth-order valence-electron chi connectivity index (χ4n) is 2.00. The summed E-state index contributed by atoms with van der Waals surface area (Å²) in [6.07, 6.45) is 21.2. The summed E-state index contributed by atoms with van der Waals surface area (Å²) in [5.74, 6) is 2.45. The number of hydrogen-bond acceptors (Lipinski definition) is 1. The van der Waals surface area contributed by atoms with E-state index in [1.165, 1.54) is 57.8 Å². The first-order valence-electron chi connectivity index (χ1n) is 7.23. The summed E-state index contributed by atoms with van der Waals surface area (Å²) in [7, 11) is 1.79. The van der Waals surface area contributed by atoms with Crippen molar-refractivity contribution in [1.82, 2.24) is 0 Å². The maximum Gasteiger partial charge on any atom is 0.0543 e. The van der Waals surface area contributed by atoms with Gasteiger partial charge in [0.05, 0.1) is 6.10 Å². The lowest BCUT2D eigenvalue weighted by Gasteiger charge is -2.08. The zero-order valence-corrected chi connectivity index (χ0v) is 11.8. The molecule has 0 N–H and O–H groups in total. The van der Waals surface area contributed by atoms with Gasteiger partial charge in [-0.15, -0.1) is 0 Å². The largest absolute Gasteiger partial charge is 0.382 e. The highest BCUT2D eigenvalue weighted by Gasteiger charge is 1.98. The van der Waals surface area contributed by atoms with E-state index >= 15 is 0 Å². The molecule has 99 valence electrons. The molecule has 0 fully saturated rings. The van der Waals surface area contributed by atoms with Gasteiger partial charge in [0.15, 0.2) is 0 Å². The Kier molecular flexibility index (Phi) is 13.2. The van der Waals surface area contributed by atoms with E-state index < -0.39 is 0 Å². The third-order valence-corrected chi connectivity index (χ3v) is 3.31. The Morgan fingerprint density at radius 1 is 0.882 bits per heavy atom. The SMILES string of the molecule is [C]#CCCCCCCCCCCCC(C)OC. The molecule has 0 bridgehead atoms. The quantitative estimate of drug-likeness (QED) is 0.346. The van der Waals surface area contributed by atoms with Crippen LogP contribution in [0, 0.1) is 12.3 Å². The maximum atomic E-state index is 6.80. The topological polar surface area (TPSA) is 9.23 Å². The third-order valence-electron chi connectivity index (χ3n) is 3.31. The van der Waals surface area contributed by atoms with E-state index in [-0.39, 0.29) is 0 Å². The fourth-order valence-corrected chi connectivity index (χ4v) is 2.00. The average Bonchev–Trinajstić information content (AvgIpc) is 2.35. The lowest BCUT2D eigenvalue weighted by atomic mass is 10.0. The van der Waals surface area contributed by atoms with Crippen molar-refractivity contribution in [3.8, 4) is 5.92 Å². The van der Waals surface area contributed by atoms with Crippen molar-refractivity contribution < 1.29 is 4.74 Å². The van der Waals surface area contributed by atoms with Crippen LogP contribution in [0.3, 0.4) is 0 Å². The van der Waals surface area contributed by atoms with Crippen molar-refractivity contribution in [2.75, 3.05) is 7.11 Å².